The number of ether oxygens (including phenoxy) is 1. The van der Waals surface area contributed by atoms with Gasteiger partial charge >= 0.3 is 0 Å². The van der Waals surface area contributed by atoms with Crippen LogP contribution in [0.25, 0.3) is 0 Å². The number of piperidine rings is 1. The number of carbonyl (C=O) groups is 1. The Hall–Kier alpha value is -2.38. The number of sulfonamides is 1. The minimum absolute atomic E-state index is 0.0395. The van der Waals surface area contributed by atoms with Gasteiger partial charge in [-0.2, -0.15) is 4.31 Å². The number of carbonyl (C=O) groups excluding carboxylic acids is 1. The standard InChI is InChI=1S/C23H30N2O4S/c1-15-12-17(3)22(18(4)13-15)24-23(26)19-8-10-25(11-9-19)30(27,28)20-6-7-21(29-5)16(2)14-20/h6-7,12-14,19H,8-11H2,1-5H3,(H,24,26). The average molecular weight is 431 g/mol. The van der Waals surface area contributed by atoms with Crippen LogP contribution in [0.1, 0.15) is 35.1 Å². The maximum atomic E-state index is 13.0. The van der Waals surface area contributed by atoms with Gasteiger partial charge in [-0.3, -0.25) is 4.79 Å². The number of hydrogen-bond acceptors (Lipinski definition) is 4. The monoisotopic (exact) mass is 430 g/mol. The predicted octanol–water partition coefficient (Wildman–Crippen LogP) is 3.97. The number of aryl methyl sites for hydroxylation is 4. The molecule has 1 amide bonds. The van der Waals surface area contributed by atoms with Crippen molar-refractivity contribution in [2.75, 3.05) is 25.5 Å². The fourth-order valence-electron chi connectivity index (χ4n) is 4.12. The maximum Gasteiger partial charge on any atom is 0.243 e. The van der Waals surface area contributed by atoms with E-state index < -0.39 is 10.0 Å². The molecule has 0 aliphatic carbocycles. The number of methoxy groups -OCH3 is 1. The Morgan fingerprint density at radius 2 is 1.60 bits per heavy atom. The third kappa shape index (κ3) is 4.52. The lowest BCUT2D eigenvalue weighted by Crippen LogP contribution is -2.41. The first-order chi connectivity index (χ1) is 14.1. The van der Waals surface area contributed by atoms with E-state index in [1.165, 1.54) is 4.31 Å². The summed E-state index contributed by atoms with van der Waals surface area (Å²) in [5.41, 5.74) is 4.87. The van der Waals surface area contributed by atoms with Gasteiger partial charge in [-0.1, -0.05) is 17.7 Å². The molecule has 7 heteroatoms. The van der Waals surface area contributed by atoms with Crippen LogP contribution in [0.3, 0.4) is 0 Å². The molecule has 0 atom stereocenters. The minimum Gasteiger partial charge on any atom is -0.496 e. The molecule has 2 aromatic rings. The molecule has 1 heterocycles. The van der Waals surface area contributed by atoms with Crippen molar-refractivity contribution in [2.45, 2.75) is 45.4 Å². The molecular weight excluding hydrogens is 400 g/mol. The minimum atomic E-state index is -3.59. The van der Waals surface area contributed by atoms with Crippen LogP contribution in [-0.4, -0.2) is 38.8 Å². The molecule has 1 aliphatic heterocycles. The van der Waals surface area contributed by atoms with Gasteiger partial charge < -0.3 is 10.1 Å². The molecule has 0 saturated carbocycles. The molecule has 6 nitrogen and oxygen atoms in total. The van der Waals surface area contributed by atoms with E-state index in [9.17, 15) is 13.2 Å². The number of anilines is 1. The summed E-state index contributed by atoms with van der Waals surface area (Å²) < 4.78 is 32.7. The van der Waals surface area contributed by atoms with Crippen molar-refractivity contribution in [1.82, 2.24) is 4.31 Å². The van der Waals surface area contributed by atoms with E-state index in [2.05, 4.69) is 17.4 Å². The Kier molecular flexibility index (Phi) is 6.53. The van der Waals surface area contributed by atoms with E-state index in [1.807, 2.05) is 27.7 Å². The summed E-state index contributed by atoms with van der Waals surface area (Å²) in [6.45, 7) is 8.49. The van der Waals surface area contributed by atoms with Gasteiger partial charge in [-0.15, -0.1) is 0 Å². The van der Waals surface area contributed by atoms with Crippen LogP contribution in [0.5, 0.6) is 5.75 Å². The zero-order valence-electron chi connectivity index (χ0n) is 18.3. The van der Waals surface area contributed by atoms with Crippen LogP contribution in [-0.2, 0) is 14.8 Å². The Balaban J connectivity index is 1.67. The lowest BCUT2D eigenvalue weighted by atomic mass is 9.96. The Morgan fingerprint density at radius 3 is 2.13 bits per heavy atom. The molecule has 1 aliphatic rings. The van der Waals surface area contributed by atoms with Crippen LogP contribution in [0.4, 0.5) is 5.69 Å². The number of nitrogens with one attached hydrogen (secondary N) is 1. The van der Waals surface area contributed by atoms with Crippen molar-refractivity contribution < 1.29 is 17.9 Å². The average Bonchev–Trinajstić information content (AvgIpc) is 2.70. The highest BCUT2D eigenvalue weighted by Gasteiger charge is 2.32. The summed E-state index contributed by atoms with van der Waals surface area (Å²) >= 11 is 0. The third-order valence-electron chi connectivity index (χ3n) is 5.75. The second-order valence-electron chi connectivity index (χ2n) is 8.07. The van der Waals surface area contributed by atoms with E-state index in [0.717, 1.165) is 27.9 Å². The summed E-state index contributed by atoms with van der Waals surface area (Å²) in [5, 5.41) is 3.06. The molecule has 1 fully saturated rings. The van der Waals surface area contributed by atoms with Gasteiger partial charge in [0.2, 0.25) is 15.9 Å². The summed E-state index contributed by atoms with van der Waals surface area (Å²) in [6.07, 6.45) is 1.01. The first kappa shape index (κ1) is 22.3. The summed E-state index contributed by atoms with van der Waals surface area (Å²) in [6, 6.07) is 8.98. The van der Waals surface area contributed by atoms with Crippen LogP contribution >= 0.6 is 0 Å². The molecule has 30 heavy (non-hydrogen) atoms. The van der Waals surface area contributed by atoms with E-state index in [0.29, 0.717) is 31.7 Å². The quantitative estimate of drug-likeness (QED) is 0.779. The Bertz CT molecular complexity index is 1030. The molecule has 0 bridgehead atoms. The molecule has 2 aromatic carbocycles. The summed E-state index contributed by atoms with van der Waals surface area (Å²) in [7, 11) is -2.03. The Labute approximate surface area is 179 Å². The van der Waals surface area contributed by atoms with Gasteiger partial charge in [0.25, 0.3) is 0 Å². The fourth-order valence-corrected chi connectivity index (χ4v) is 5.68. The molecular formula is C23H30N2O4S. The topological polar surface area (TPSA) is 75.7 Å². The van der Waals surface area contributed by atoms with Crippen molar-refractivity contribution in [3.8, 4) is 5.75 Å². The van der Waals surface area contributed by atoms with Gasteiger partial charge in [0.05, 0.1) is 12.0 Å². The van der Waals surface area contributed by atoms with Crippen LogP contribution in [0.15, 0.2) is 35.2 Å². The lowest BCUT2D eigenvalue weighted by Gasteiger charge is -2.31. The highest BCUT2D eigenvalue weighted by molar-refractivity contribution is 7.89. The summed E-state index contributed by atoms with van der Waals surface area (Å²) in [4.78, 5) is 13.1. The van der Waals surface area contributed by atoms with E-state index in [-0.39, 0.29) is 16.7 Å². The van der Waals surface area contributed by atoms with E-state index in [4.69, 9.17) is 4.74 Å². The van der Waals surface area contributed by atoms with Gasteiger partial charge in [0, 0.05) is 24.7 Å². The fraction of sp³-hybridized carbons (Fsp3) is 0.435. The second kappa shape index (κ2) is 8.78. The highest BCUT2D eigenvalue weighted by Crippen LogP contribution is 2.29. The molecule has 162 valence electrons. The third-order valence-corrected chi connectivity index (χ3v) is 7.65. The van der Waals surface area contributed by atoms with Crippen molar-refractivity contribution >= 4 is 21.6 Å². The van der Waals surface area contributed by atoms with Crippen LogP contribution in [0.2, 0.25) is 0 Å². The molecule has 1 N–H and O–H groups in total. The molecule has 0 radical (unpaired) electrons. The van der Waals surface area contributed by atoms with Gasteiger partial charge in [0.15, 0.2) is 0 Å². The molecule has 1 saturated heterocycles. The summed E-state index contributed by atoms with van der Waals surface area (Å²) in [5.74, 6) is 0.419. The molecule has 0 spiro atoms. The van der Waals surface area contributed by atoms with Crippen molar-refractivity contribution in [3.05, 3.63) is 52.6 Å². The van der Waals surface area contributed by atoms with Crippen LogP contribution in [0, 0.1) is 33.6 Å². The van der Waals surface area contributed by atoms with Crippen molar-refractivity contribution in [1.29, 1.82) is 0 Å². The van der Waals surface area contributed by atoms with Gasteiger partial charge in [0.1, 0.15) is 5.75 Å². The number of benzene rings is 2. The number of rotatable bonds is 5. The number of hydrogen-bond donors (Lipinski definition) is 1. The smallest absolute Gasteiger partial charge is 0.243 e. The first-order valence-electron chi connectivity index (χ1n) is 10.2. The Morgan fingerprint density at radius 1 is 1.00 bits per heavy atom. The zero-order valence-corrected chi connectivity index (χ0v) is 19.1. The SMILES string of the molecule is COc1ccc(S(=O)(=O)N2CCC(C(=O)Nc3c(C)cc(C)cc3C)CC2)cc1C. The second-order valence-corrected chi connectivity index (χ2v) is 10.0. The van der Waals surface area contributed by atoms with Crippen LogP contribution < -0.4 is 10.1 Å². The van der Waals surface area contributed by atoms with Crippen molar-refractivity contribution in [2.24, 2.45) is 5.92 Å². The molecule has 0 unspecified atom stereocenters. The molecule has 0 aromatic heterocycles. The molecule has 3 rings (SSSR count). The van der Waals surface area contributed by atoms with Gasteiger partial charge in [-0.05, 0) is 75.4 Å². The zero-order chi connectivity index (χ0) is 22.1. The first-order valence-corrected chi connectivity index (χ1v) is 11.6. The maximum absolute atomic E-state index is 13.0. The largest absolute Gasteiger partial charge is 0.496 e. The van der Waals surface area contributed by atoms with Crippen molar-refractivity contribution in [3.63, 3.8) is 0 Å². The number of amides is 1. The predicted molar refractivity (Wildman–Crippen MR) is 118 cm³/mol. The normalized spacial score (nSPS) is 15.8. The van der Waals surface area contributed by atoms with Gasteiger partial charge in [-0.25, -0.2) is 8.42 Å². The number of nitrogens with zero attached hydrogens (tertiary/aromatic N) is 1. The van der Waals surface area contributed by atoms with E-state index in [1.54, 1.807) is 25.3 Å². The highest BCUT2D eigenvalue weighted by atomic mass is 32.2. The van der Waals surface area contributed by atoms with E-state index >= 15 is 0 Å². The lowest BCUT2D eigenvalue weighted by molar-refractivity contribution is -0.120.